The molecule has 0 fully saturated rings. The Kier molecular flexibility index (Phi) is 5.95. The monoisotopic (exact) mass is 297 g/mol. The van der Waals surface area contributed by atoms with E-state index in [0.29, 0.717) is 15.9 Å². The SMILES string of the molecule is CC(C)OCCCNc1cc(C#N)c(Br)cn1. The molecule has 0 saturated heterocycles. The molecule has 0 spiro atoms. The third-order valence-electron chi connectivity index (χ3n) is 2.05. The fourth-order valence-corrected chi connectivity index (χ4v) is 1.53. The lowest BCUT2D eigenvalue weighted by Gasteiger charge is -2.08. The Hall–Kier alpha value is -1.12. The van der Waals surface area contributed by atoms with Crippen LogP contribution < -0.4 is 5.32 Å². The summed E-state index contributed by atoms with van der Waals surface area (Å²) in [4.78, 5) is 4.17. The van der Waals surface area contributed by atoms with Crippen molar-refractivity contribution in [3.05, 3.63) is 22.3 Å². The molecule has 0 amide bonds. The van der Waals surface area contributed by atoms with Gasteiger partial charge in [0.1, 0.15) is 11.9 Å². The molecule has 92 valence electrons. The van der Waals surface area contributed by atoms with E-state index in [4.69, 9.17) is 10.00 Å². The maximum absolute atomic E-state index is 8.86. The maximum Gasteiger partial charge on any atom is 0.127 e. The van der Waals surface area contributed by atoms with Crippen LogP contribution in [0, 0.1) is 11.3 Å². The van der Waals surface area contributed by atoms with Crippen molar-refractivity contribution in [2.45, 2.75) is 26.4 Å². The second-order valence-electron chi connectivity index (χ2n) is 3.86. The summed E-state index contributed by atoms with van der Waals surface area (Å²) < 4.78 is 6.14. The number of anilines is 1. The molecule has 0 bridgehead atoms. The molecule has 0 aromatic carbocycles. The van der Waals surface area contributed by atoms with Crippen molar-refractivity contribution >= 4 is 21.7 Å². The molecule has 1 rings (SSSR count). The predicted octanol–water partition coefficient (Wildman–Crippen LogP) is 2.94. The van der Waals surface area contributed by atoms with Gasteiger partial charge >= 0.3 is 0 Å². The fraction of sp³-hybridized carbons (Fsp3) is 0.500. The average molecular weight is 298 g/mol. The summed E-state index contributed by atoms with van der Waals surface area (Å²) in [6.45, 7) is 5.55. The number of rotatable bonds is 6. The van der Waals surface area contributed by atoms with Crippen molar-refractivity contribution in [2.75, 3.05) is 18.5 Å². The van der Waals surface area contributed by atoms with Gasteiger partial charge < -0.3 is 10.1 Å². The molecule has 5 heteroatoms. The molecule has 0 aliphatic rings. The lowest BCUT2D eigenvalue weighted by Crippen LogP contribution is -2.10. The first-order chi connectivity index (χ1) is 8.13. The Labute approximate surface area is 110 Å². The van der Waals surface area contributed by atoms with Crippen LogP contribution in [-0.2, 0) is 4.74 Å². The summed E-state index contributed by atoms with van der Waals surface area (Å²) in [6, 6.07) is 3.83. The van der Waals surface area contributed by atoms with Gasteiger partial charge in [-0.25, -0.2) is 4.98 Å². The highest BCUT2D eigenvalue weighted by molar-refractivity contribution is 9.10. The van der Waals surface area contributed by atoms with Crippen molar-refractivity contribution in [1.82, 2.24) is 4.98 Å². The van der Waals surface area contributed by atoms with Gasteiger partial charge in [0.15, 0.2) is 0 Å². The molecule has 4 nitrogen and oxygen atoms in total. The second kappa shape index (κ2) is 7.25. The molecule has 1 aromatic rings. The Morgan fingerprint density at radius 2 is 2.35 bits per heavy atom. The number of nitrogens with zero attached hydrogens (tertiary/aromatic N) is 2. The molecule has 0 atom stereocenters. The summed E-state index contributed by atoms with van der Waals surface area (Å²) in [5.74, 6) is 0.717. The number of hydrogen-bond acceptors (Lipinski definition) is 4. The molecule has 0 unspecified atom stereocenters. The Morgan fingerprint density at radius 1 is 1.59 bits per heavy atom. The summed E-state index contributed by atoms with van der Waals surface area (Å²) in [5.41, 5.74) is 0.584. The molecular formula is C12H16BrN3O. The third-order valence-corrected chi connectivity index (χ3v) is 2.69. The van der Waals surface area contributed by atoms with Crippen LogP contribution in [0.3, 0.4) is 0 Å². The molecule has 1 heterocycles. The van der Waals surface area contributed by atoms with E-state index < -0.39 is 0 Å². The number of aromatic nitrogens is 1. The lowest BCUT2D eigenvalue weighted by molar-refractivity contribution is 0.0787. The van der Waals surface area contributed by atoms with Gasteiger partial charge in [0.05, 0.1) is 16.1 Å². The van der Waals surface area contributed by atoms with Crippen LogP contribution in [0.5, 0.6) is 0 Å². The standard InChI is InChI=1S/C12H16BrN3O/c1-9(2)17-5-3-4-15-12-6-10(7-14)11(13)8-16-12/h6,8-9H,3-5H2,1-2H3,(H,15,16). The van der Waals surface area contributed by atoms with Crippen LogP contribution in [0.25, 0.3) is 0 Å². The maximum atomic E-state index is 8.86. The molecular weight excluding hydrogens is 282 g/mol. The fourth-order valence-electron chi connectivity index (χ4n) is 1.23. The van der Waals surface area contributed by atoms with Gasteiger partial charge in [0, 0.05) is 19.3 Å². The van der Waals surface area contributed by atoms with E-state index in [1.165, 1.54) is 0 Å². The lowest BCUT2D eigenvalue weighted by atomic mass is 10.3. The molecule has 0 aliphatic heterocycles. The van der Waals surface area contributed by atoms with Crippen LogP contribution in [-0.4, -0.2) is 24.2 Å². The van der Waals surface area contributed by atoms with Gasteiger partial charge in [0.2, 0.25) is 0 Å². The summed E-state index contributed by atoms with van der Waals surface area (Å²) in [7, 11) is 0. The van der Waals surface area contributed by atoms with Gasteiger partial charge in [0.25, 0.3) is 0 Å². The van der Waals surface area contributed by atoms with Gasteiger partial charge in [-0.15, -0.1) is 0 Å². The third kappa shape index (κ3) is 5.16. The molecule has 0 saturated carbocycles. The number of nitriles is 1. The van der Waals surface area contributed by atoms with Crippen molar-refractivity contribution < 1.29 is 4.74 Å². The molecule has 0 radical (unpaired) electrons. The second-order valence-corrected chi connectivity index (χ2v) is 4.72. The first kappa shape index (κ1) is 13.9. The smallest absolute Gasteiger partial charge is 0.127 e. The topological polar surface area (TPSA) is 57.9 Å². The minimum absolute atomic E-state index is 0.269. The number of hydrogen-bond donors (Lipinski definition) is 1. The summed E-state index contributed by atoms with van der Waals surface area (Å²) >= 11 is 3.27. The van der Waals surface area contributed by atoms with Crippen LogP contribution in [0.2, 0.25) is 0 Å². The minimum Gasteiger partial charge on any atom is -0.379 e. The zero-order chi connectivity index (χ0) is 12.7. The first-order valence-electron chi connectivity index (χ1n) is 5.54. The van der Waals surface area contributed by atoms with Crippen LogP contribution in [0.15, 0.2) is 16.7 Å². The molecule has 17 heavy (non-hydrogen) atoms. The molecule has 1 N–H and O–H groups in total. The van der Waals surface area contributed by atoms with Gasteiger partial charge in [-0.2, -0.15) is 5.26 Å². The summed E-state index contributed by atoms with van der Waals surface area (Å²) in [6.07, 6.45) is 2.81. The van der Waals surface area contributed by atoms with Crippen molar-refractivity contribution in [2.24, 2.45) is 0 Å². The van der Waals surface area contributed by atoms with Crippen LogP contribution >= 0.6 is 15.9 Å². The Bertz CT molecular complexity index is 401. The number of pyridine rings is 1. The van der Waals surface area contributed by atoms with E-state index in [1.807, 2.05) is 13.8 Å². The Balaban J connectivity index is 2.35. The highest BCUT2D eigenvalue weighted by Crippen LogP contribution is 2.17. The quantitative estimate of drug-likeness (QED) is 0.820. The van der Waals surface area contributed by atoms with E-state index >= 15 is 0 Å². The van der Waals surface area contributed by atoms with E-state index in [-0.39, 0.29) is 6.10 Å². The van der Waals surface area contributed by atoms with Crippen molar-refractivity contribution in [3.8, 4) is 6.07 Å². The number of halogens is 1. The highest BCUT2D eigenvalue weighted by atomic mass is 79.9. The minimum atomic E-state index is 0.269. The normalized spacial score (nSPS) is 10.3. The number of nitrogens with one attached hydrogen (secondary N) is 1. The van der Waals surface area contributed by atoms with E-state index in [0.717, 1.165) is 19.6 Å². The van der Waals surface area contributed by atoms with Crippen molar-refractivity contribution in [3.63, 3.8) is 0 Å². The molecule has 0 aliphatic carbocycles. The van der Waals surface area contributed by atoms with Gasteiger partial charge in [-0.3, -0.25) is 0 Å². The number of ether oxygens (including phenoxy) is 1. The zero-order valence-corrected chi connectivity index (χ0v) is 11.6. The largest absolute Gasteiger partial charge is 0.379 e. The first-order valence-corrected chi connectivity index (χ1v) is 6.34. The predicted molar refractivity (Wildman–Crippen MR) is 70.8 cm³/mol. The van der Waals surface area contributed by atoms with Crippen LogP contribution in [0.4, 0.5) is 5.82 Å². The van der Waals surface area contributed by atoms with Crippen molar-refractivity contribution in [1.29, 1.82) is 5.26 Å². The van der Waals surface area contributed by atoms with E-state index in [2.05, 4.69) is 32.3 Å². The van der Waals surface area contributed by atoms with E-state index in [1.54, 1.807) is 12.3 Å². The Morgan fingerprint density at radius 3 is 3.00 bits per heavy atom. The van der Waals surface area contributed by atoms with Gasteiger partial charge in [-0.05, 0) is 42.3 Å². The average Bonchev–Trinajstić information content (AvgIpc) is 2.30. The van der Waals surface area contributed by atoms with Crippen LogP contribution in [0.1, 0.15) is 25.8 Å². The van der Waals surface area contributed by atoms with Gasteiger partial charge in [-0.1, -0.05) is 0 Å². The highest BCUT2D eigenvalue weighted by Gasteiger charge is 2.01. The van der Waals surface area contributed by atoms with E-state index in [9.17, 15) is 0 Å². The zero-order valence-electron chi connectivity index (χ0n) is 10.0. The summed E-state index contributed by atoms with van der Waals surface area (Å²) in [5, 5.41) is 12.0. The molecule has 1 aromatic heterocycles.